The van der Waals surface area contributed by atoms with Crippen molar-refractivity contribution in [3.05, 3.63) is 199 Å². The Hall–Kier alpha value is -7.37. The van der Waals surface area contributed by atoms with Gasteiger partial charge in [0.25, 0.3) is 0 Å². The molecule has 0 fully saturated rings. The third-order valence-electron chi connectivity index (χ3n) is 10.7. The molecule has 10 aromatic rings. The van der Waals surface area contributed by atoms with Crippen molar-refractivity contribution in [2.24, 2.45) is 0 Å². The number of fused-ring (bicyclic) bond motifs is 8. The quantitative estimate of drug-likeness (QED) is 0.168. The predicted octanol–water partition coefficient (Wildman–Crippen LogP) is 12.7. The van der Waals surface area contributed by atoms with E-state index in [4.69, 9.17) is 4.74 Å². The van der Waals surface area contributed by atoms with Crippen molar-refractivity contribution in [3.8, 4) is 22.9 Å². The minimum atomic E-state index is -0.0172. The average molecular weight is 694 g/mol. The average Bonchev–Trinajstić information content (AvgIpc) is 3.75. The lowest BCUT2D eigenvalue weighted by Crippen LogP contribution is -2.15. The van der Waals surface area contributed by atoms with E-state index in [0.717, 1.165) is 61.7 Å². The van der Waals surface area contributed by atoms with Crippen LogP contribution >= 0.6 is 0 Å². The minimum absolute atomic E-state index is 0.0172. The zero-order chi connectivity index (χ0) is 35.8. The van der Waals surface area contributed by atoms with Crippen LogP contribution in [0.3, 0.4) is 0 Å². The lowest BCUT2D eigenvalue weighted by molar-refractivity contribution is 0.103. The fourth-order valence-electron chi connectivity index (χ4n) is 8.28. The topological polar surface area (TPSA) is 39.4 Å². The number of rotatable bonds is 5. The molecule has 8 aromatic carbocycles. The smallest absolute Gasteiger partial charge is 0.193 e. The van der Waals surface area contributed by atoms with Gasteiger partial charge in [-0.3, -0.25) is 4.79 Å². The van der Waals surface area contributed by atoms with E-state index in [2.05, 4.69) is 135 Å². The highest BCUT2D eigenvalue weighted by Gasteiger charge is 2.25. The molecule has 11 rings (SSSR count). The molecule has 3 heterocycles. The standard InChI is InChI=1S/C49H31N3O2/c53-49(32-24-27-34(28-25-32)50-45-20-7-9-22-47(45)54-48-23-10-8-21-46(48)50)33-26-29-44-40(30-33)39-16-3-6-19-43(39)52(44)36-13-11-12-35(31-36)51-41-17-4-1-14-37(41)38-15-2-5-18-42(38)51/h1-31H. The van der Waals surface area contributed by atoms with E-state index in [-0.39, 0.29) is 5.78 Å². The molecule has 0 atom stereocenters. The highest BCUT2D eigenvalue weighted by Crippen LogP contribution is 2.50. The molecule has 0 bridgehead atoms. The van der Waals surface area contributed by atoms with Gasteiger partial charge in [-0.2, -0.15) is 0 Å². The molecule has 0 N–H and O–H groups in total. The zero-order valence-electron chi connectivity index (χ0n) is 29.1. The molecule has 1 aliphatic heterocycles. The van der Waals surface area contributed by atoms with Crippen LogP contribution in [-0.4, -0.2) is 14.9 Å². The van der Waals surface area contributed by atoms with Gasteiger partial charge in [-0.25, -0.2) is 0 Å². The number of ketones is 1. The number of hydrogen-bond donors (Lipinski definition) is 0. The summed E-state index contributed by atoms with van der Waals surface area (Å²) in [6.45, 7) is 0. The van der Waals surface area contributed by atoms with Crippen molar-refractivity contribution < 1.29 is 9.53 Å². The molecule has 0 amide bonds. The fourth-order valence-corrected chi connectivity index (χ4v) is 8.28. The summed E-state index contributed by atoms with van der Waals surface area (Å²) in [7, 11) is 0. The molecule has 2 aromatic heterocycles. The number of ether oxygens (including phenoxy) is 1. The summed E-state index contributed by atoms with van der Waals surface area (Å²) < 4.78 is 10.9. The number of benzene rings is 8. The van der Waals surface area contributed by atoms with Crippen molar-refractivity contribution in [3.63, 3.8) is 0 Å². The second-order valence-corrected chi connectivity index (χ2v) is 13.7. The predicted molar refractivity (Wildman–Crippen MR) is 220 cm³/mol. The number of aromatic nitrogens is 2. The molecule has 0 saturated heterocycles. The minimum Gasteiger partial charge on any atom is -0.453 e. The largest absolute Gasteiger partial charge is 0.453 e. The van der Waals surface area contributed by atoms with Crippen LogP contribution in [0.2, 0.25) is 0 Å². The number of para-hydroxylation sites is 7. The van der Waals surface area contributed by atoms with Gasteiger partial charge in [0.1, 0.15) is 0 Å². The van der Waals surface area contributed by atoms with Crippen LogP contribution in [0.1, 0.15) is 15.9 Å². The fraction of sp³-hybridized carbons (Fsp3) is 0. The first-order valence-corrected chi connectivity index (χ1v) is 18.1. The summed E-state index contributed by atoms with van der Waals surface area (Å²) in [6.07, 6.45) is 0. The Morgan fingerprint density at radius 2 is 0.833 bits per heavy atom. The van der Waals surface area contributed by atoms with Gasteiger partial charge in [-0.05, 0) is 103 Å². The molecule has 0 unspecified atom stereocenters. The van der Waals surface area contributed by atoms with E-state index in [0.29, 0.717) is 11.1 Å². The van der Waals surface area contributed by atoms with E-state index < -0.39 is 0 Å². The SMILES string of the molecule is O=C(c1ccc(N2c3ccccc3Oc3ccccc32)cc1)c1ccc2c(c1)c1ccccc1n2-c1cccc(-n2c3ccccc3c3ccccc32)c1. The van der Waals surface area contributed by atoms with Gasteiger partial charge in [0.2, 0.25) is 0 Å². The van der Waals surface area contributed by atoms with E-state index >= 15 is 0 Å². The van der Waals surface area contributed by atoms with Gasteiger partial charge in [-0.1, -0.05) is 84.9 Å². The number of hydrogen-bond acceptors (Lipinski definition) is 3. The summed E-state index contributed by atoms with van der Waals surface area (Å²) in [5.41, 5.74) is 10.8. The van der Waals surface area contributed by atoms with Crippen molar-refractivity contribution >= 4 is 66.5 Å². The van der Waals surface area contributed by atoms with Crippen molar-refractivity contribution in [2.45, 2.75) is 0 Å². The summed E-state index contributed by atoms with van der Waals surface area (Å²) >= 11 is 0. The summed E-state index contributed by atoms with van der Waals surface area (Å²) in [5, 5.41) is 4.61. The summed E-state index contributed by atoms with van der Waals surface area (Å²) in [6, 6.07) is 64.4. The number of anilines is 3. The van der Waals surface area contributed by atoms with E-state index in [1.807, 2.05) is 66.7 Å². The Morgan fingerprint density at radius 3 is 1.41 bits per heavy atom. The monoisotopic (exact) mass is 693 g/mol. The van der Waals surface area contributed by atoms with Gasteiger partial charge in [-0.15, -0.1) is 0 Å². The van der Waals surface area contributed by atoms with Gasteiger partial charge < -0.3 is 18.8 Å². The van der Waals surface area contributed by atoms with Gasteiger partial charge in [0, 0.05) is 49.7 Å². The zero-order valence-corrected chi connectivity index (χ0v) is 29.1. The molecule has 0 aliphatic carbocycles. The van der Waals surface area contributed by atoms with Crippen molar-refractivity contribution in [2.75, 3.05) is 4.90 Å². The Kier molecular flexibility index (Phi) is 6.64. The van der Waals surface area contributed by atoms with Crippen LogP contribution in [0.4, 0.5) is 17.1 Å². The highest BCUT2D eigenvalue weighted by atomic mass is 16.5. The molecule has 0 radical (unpaired) electrons. The molecule has 0 spiro atoms. The molecule has 54 heavy (non-hydrogen) atoms. The number of carbonyl (C=O) groups excluding carboxylic acids is 1. The highest BCUT2D eigenvalue weighted by molar-refractivity contribution is 6.15. The van der Waals surface area contributed by atoms with Crippen LogP contribution in [-0.2, 0) is 0 Å². The Balaban J connectivity index is 0.985. The Bertz CT molecular complexity index is 3020. The maximum Gasteiger partial charge on any atom is 0.193 e. The third-order valence-corrected chi connectivity index (χ3v) is 10.7. The van der Waals surface area contributed by atoms with Gasteiger partial charge >= 0.3 is 0 Å². The van der Waals surface area contributed by atoms with E-state index in [9.17, 15) is 4.79 Å². The van der Waals surface area contributed by atoms with E-state index in [1.54, 1.807) is 0 Å². The maximum absolute atomic E-state index is 14.1. The number of carbonyl (C=O) groups is 1. The molecule has 1 aliphatic rings. The lowest BCUT2D eigenvalue weighted by atomic mass is 10.0. The van der Waals surface area contributed by atoms with Crippen LogP contribution in [0, 0.1) is 0 Å². The Morgan fingerprint density at radius 1 is 0.370 bits per heavy atom. The molecule has 0 saturated carbocycles. The van der Waals surface area contributed by atoms with Crippen molar-refractivity contribution in [1.82, 2.24) is 9.13 Å². The van der Waals surface area contributed by atoms with Crippen LogP contribution in [0.5, 0.6) is 11.5 Å². The molecule has 5 heteroatoms. The van der Waals surface area contributed by atoms with Crippen LogP contribution in [0.15, 0.2) is 188 Å². The van der Waals surface area contributed by atoms with Crippen molar-refractivity contribution in [1.29, 1.82) is 0 Å². The molecular weight excluding hydrogens is 663 g/mol. The Labute approximate surface area is 311 Å². The van der Waals surface area contributed by atoms with E-state index in [1.165, 1.54) is 21.8 Å². The van der Waals surface area contributed by atoms with Gasteiger partial charge in [0.05, 0.1) is 33.4 Å². The number of nitrogens with zero attached hydrogens (tertiary/aromatic N) is 3. The second-order valence-electron chi connectivity index (χ2n) is 13.7. The molecular formula is C49H31N3O2. The first-order valence-electron chi connectivity index (χ1n) is 18.1. The third kappa shape index (κ3) is 4.55. The van der Waals surface area contributed by atoms with Crippen LogP contribution < -0.4 is 9.64 Å². The summed E-state index contributed by atoms with van der Waals surface area (Å²) in [5.74, 6) is 1.57. The van der Waals surface area contributed by atoms with Gasteiger partial charge in [0.15, 0.2) is 17.3 Å². The normalized spacial score (nSPS) is 12.3. The molecule has 254 valence electrons. The first kappa shape index (κ1) is 30.3. The second kappa shape index (κ2) is 11.8. The summed E-state index contributed by atoms with van der Waals surface area (Å²) in [4.78, 5) is 16.3. The van der Waals surface area contributed by atoms with Crippen LogP contribution in [0.25, 0.3) is 55.0 Å². The lowest BCUT2D eigenvalue weighted by Gasteiger charge is -2.32. The molecule has 5 nitrogen and oxygen atoms in total. The first-order chi connectivity index (χ1) is 26.7. The maximum atomic E-state index is 14.1.